The number of thioether (sulfide) groups is 1. The minimum absolute atomic E-state index is 0.320. The SMILES string of the molecule is O[C@@H]1[C@@H](O)[C@H](Oc2cnccc2Br)SC[C@H]1O. The molecule has 1 aromatic rings. The molecule has 0 radical (unpaired) electrons. The van der Waals surface area contributed by atoms with Crippen molar-refractivity contribution in [2.45, 2.75) is 23.7 Å². The second-order valence-corrected chi connectivity index (χ2v) is 5.66. The maximum absolute atomic E-state index is 9.77. The molecule has 0 amide bonds. The van der Waals surface area contributed by atoms with Crippen LogP contribution in [0.5, 0.6) is 5.75 Å². The third-order valence-electron chi connectivity index (χ3n) is 2.43. The van der Waals surface area contributed by atoms with Gasteiger partial charge in [0.2, 0.25) is 0 Å². The van der Waals surface area contributed by atoms with Crippen molar-refractivity contribution in [1.29, 1.82) is 0 Å². The number of hydrogen-bond acceptors (Lipinski definition) is 6. The second kappa shape index (κ2) is 5.53. The normalized spacial score (nSPS) is 33.4. The average molecular weight is 322 g/mol. The van der Waals surface area contributed by atoms with Crippen molar-refractivity contribution in [2.75, 3.05) is 5.75 Å². The van der Waals surface area contributed by atoms with Gasteiger partial charge < -0.3 is 20.1 Å². The quantitative estimate of drug-likeness (QED) is 0.730. The van der Waals surface area contributed by atoms with Crippen LogP contribution >= 0.6 is 27.7 Å². The Morgan fingerprint density at radius 3 is 2.82 bits per heavy atom. The van der Waals surface area contributed by atoms with Gasteiger partial charge in [0.15, 0.2) is 11.2 Å². The highest BCUT2D eigenvalue weighted by atomic mass is 79.9. The van der Waals surface area contributed by atoms with Crippen molar-refractivity contribution in [1.82, 2.24) is 4.98 Å². The van der Waals surface area contributed by atoms with E-state index in [4.69, 9.17) is 4.74 Å². The van der Waals surface area contributed by atoms with E-state index in [0.717, 1.165) is 4.47 Å². The zero-order valence-electron chi connectivity index (χ0n) is 8.73. The predicted octanol–water partition coefficient (Wildman–Crippen LogP) is 0.378. The fourth-order valence-electron chi connectivity index (χ4n) is 1.46. The van der Waals surface area contributed by atoms with Gasteiger partial charge in [-0.05, 0) is 22.0 Å². The van der Waals surface area contributed by atoms with Crippen molar-refractivity contribution in [3.05, 3.63) is 22.9 Å². The van der Waals surface area contributed by atoms with Crippen LogP contribution < -0.4 is 4.74 Å². The summed E-state index contributed by atoms with van der Waals surface area (Å²) in [6, 6.07) is 1.72. The molecule has 2 rings (SSSR count). The number of aromatic nitrogens is 1. The third-order valence-corrected chi connectivity index (χ3v) is 4.32. The maximum Gasteiger partial charge on any atom is 0.173 e. The average Bonchev–Trinajstić information content (AvgIpc) is 2.32. The molecule has 1 saturated heterocycles. The molecule has 0 aliphatic carbocycles. The molecule has 4 atom stereocenters. The molecule has 0 unspecified atom stereocenters. The monoisotopic (exact) mass is 321 g/mol. The second-order valence-electron chi connectivity index (χ2n) is 3.67. The summed E-state index contributed by atoms with van der Waals surface area (Å²) in [4.78, 5) is 3.91. The molecule has 7 heteroatoms. The minimum Gasteiger partial charge on any atom is -0.474 e. The number of aliphatic hydroxyl groups excluding tert-OH is 3. The Morgan fingerprint density at radius 1 is 1.35 bits per heavy atom. The third kappa shape index (κ3) is 2.92. The first-order chi connectivity index (χ1) is 8.09. The highest BCUT2D eigenvalue weighted by molar-refractivity contribution is 9.10. The van der Waals surface area contributed by atoms with Crippen LogP contribution in [0.4, 0.5) is 0 Å². The molecule has 0 aromatic carbocycles. The minimum atomic E-state index is -1.18. The van der Waals surface area contributed by atoms with Gasteiger partial charge in [0.25, 0.3) is 0 Å². The van der Waals surface area contributed by atoms with Crippen LogP contribution in [-0.2, 0) is 0 Å². The molecule has 1 fully saturated rings. The van der Waals surface area contributed by atoms with E-state index in [1.165, 1.54) is 18.0 Å². The Labute approximate surface area is 111 Å². The summed E-state index contributed by atoms with van der Waals surface area (Å²) in [5, 5.41) is 28.7. The Kier molecular flexibility index (Phi) is 4.26. The molecule has 94 valence electrons. The van der Waals surface area contributed by atoms with E-state index in [9.17, 15) is 15.3 Å². The molecule has 2 heterocycles. The van der Waals surface area contributed by atoms with Crippen LogP contribution in [0, 0.1) is 0 Å². The first-order valence-corrected chi connectivity index (χ1v) is 6.85. The molecule has 1 aromatic heterocycles. The summed E-state index contributed by atoms with van der Waals surface area (Å²) in [6.45, 7) is 0. The summed E-state index contributed by atoms with van der Waals surface area (Å²) in [7, 11) is 0. The number of pyridine rings is 1. The van der Waals surface area contributed by atoms with Crippen LogP contribution in [0.15, 0.2) is 22.9 Å². The summed E-state index contributed by atoms with van der Waals surface area (Å²) >= 11 is 4.56. The smallest absolute Gasteiger partial charge is 0.173 e. The molecule has 17 heavy (non-hydrogen) atoms. The molecule has 1 aliphatic heterocycles. The largest absolute Gasteiger partial charge is 0.474 e. The summed E-state index contributed by atoms with van der Waals surface area (Å²) in [5.41, 5.74) is -0.617. The van der Waals surface area contributed by atoms with Gasteiger partial charge in [-0.2, -0.15) is 0 Å². The lowest BCUT2D eigenvalue weighted by Gasteiger charge is -2.34. The van der Waals surface area contributed by atoms with Crippen LogP contribution in [0.2, 0.25) is 0 Å². The summed E-state index contributed by atoms with van der Waals surface area (Å²) in [6.07, 6.45) is -0.103. The van der Waals surface area contributed by atoms with Gasteiger partial charge in [0.05, 0.1) is 16.8 Å². The lowest BCUT2D eigenvalue weighted by atomic mass is 10.1. The number of rotatable bonds is 2. The van der Waals surface area contributed by atoms with E-state index in [1.807, 2.05) is 0 Å². The number of hydrogen-bond donors (Lipinski definition) is 3. The van der Waals surface area contributed by atoms with E-state index in [0.29, 0.717) is 11.5 Å². The van der Waals surface area contributed by atoms with Gasteiger partial charge in [0, 0.05) is 11.9 Å². The van der Waals surface area contributed by atoms with Crippen LogP contribution in [0.25, 0.3) is 0 Å². The van der Waals surface area contributed by atoms with Gasteiger partial charge in [-0.1, -0.05) is 0 Å². The lowest BCUT2D eigenvalue weighted by molar-refractivity contribution is -0.0787. The Morgan fingerprint density at radius 2 is 2.12 bits per heavy atom. The molecule has 0 spiro atoms. The number of aliphatic hydroxyl groups is 3. The fourth-order valence-corrected chi connectivity index (χ4v) is 2.89. The molecule has 0 saturated carbocycles. The first-order valence-electron chi connectivity index (χ1n) is 5.01. The van der Waals surface area contributed by atoms with Gasteiger partial charge in [-0.3, -0.25) is 4.98 Å². The van der Waals surface area contributed by atoms with Crippen molar-refractivity contribution >= 4 is 27.7 Å². The lowest BCUT2D eigenvalue weighted by Crippen LogP contribution is -2.50. The predicted molar refractivity (Wildman–Crippen MR) is 66.8 cm³/mol. The van der Waals surface area contributed by atoms with Crippen molar-refractivity contribution in [3.8, 4) is 5.75 Å². The van der Waals surface area contributed by atoms with Gasteiger partial charge in [-0.25, -0.2) is 0 Å². The number of halogens is 1. The molecular formula is C10H12BrNO4S. The molecule has 1 aliphatic rings. The van der Waals surface area contributed by atoms with Gasteiger partial charge in [-0.15, -0.1) is 11.8 Å². The van der Waals surface area contributed by atoms with Crippen LogP contribution in [0.3, 0.4) is 0 Å². The van der Waals surface area contributed by atoms with Crippen molar-refractivity contribution in [2.24, 2.45) is 0 Å². The molecule has 5 nitrogen and oxygen atoms in total. The Bertz CT molecular complexity index is 394. The van der Waals surface area contributed by atoms with E-state index in [2.05, 4.69) is 20.9 Å². The highest BCUT2D eigenvalue weighted by Crippen LogP contribution is 2.31. The zero-order valence-corrected chi connectivity index (χ0v) is 11.1. The Hall–Kier alpha value is -0.340. The van der Waals surface area contributed by atoms with E-state index in [1.54, 1.807) is 12.3 Å². The zero-order chi connectivity index (χ0) is 12.4. The molecule has 0 bridgehead atoms. The Balaban J connectivity index is 2.07. The van der Waals surface area contributed by atoms with E-state index < -0.39 is 23.7 Å². The first kappa shape index (κ1) is 13.1. The summed E-state index contributed by atoms with van der Waals surface area (Å²) in [5.74, 6) is 0.813. The number of ether oxygens (including phenoxy) is 1. The standard InChI is InChI=1S/C10H12BrNO4S/c11-5-1-2-12-3-7(5)16-10-9(15)8(14)6(13)4-17-10/h1-3,6,8-10,13-15H,4H2/t6-,8+,9-,10-/m1/s1. The topological polar surface area (TPSA) is 82.8 Å². The fraction of sp³-hybridized carbons (Fsp3) is 0.500. The molecule has 3 N–H and O–H groups in total. The van der Waals surface area contributed by atoms with Crippen molar-refractivity contribution < 1.29 is 20.1 Å². The van der Waals surface area contributed by atoms with Crippen LogP contribution in [-0.4, -0.2) is 49.8 Å². The van der Waals surface area contributed by atoms with E-state index >= 15 is 0 Å². The number of nitrogens with zero attached hydrogens (tertiary/aromatic N) is 1. The summed E-state index contributed by atoms with van der Waals surface area (Å²) < 4.78 is 6.27. The maximum atomic E-state index is 9.77. The highest BCUT2D eigenvalue weighted by Gasteiger charge is 2.38. The molecular weight excluding hydrogens is 310 g/mol. The van der Waals surface area contributed by atoms with Gasteiger partial charge >= 0.3 is 0 Å². The van der Waals surface area contributed by atoms with E-state index in [-0.39, 0.29) is 0 Å². The van der Waals surface area contributed by atoms with Crippen LogP contribution in [0.1, 0.15) is 0 Å². The van der Waals surface area contributed by atoms with Crippen molar-refractivity contribution in [3.63, 3.8) is 0 Å². The van der Waals surface area contributed by atoms with Gasteiger partial charge in [0.1, 0.15) is 12.2 Å².